The van der Waals surface area contributed by atoms with Crippen molar-refractivity contribution < 1.29 is 23.8 Å². The van der Waals surface area contributed by atoms with Crippen LogP contribution in [0.5, 0.6) is 17.2 Å². The van der Waals surface area contributed by atoms with Gasteiger partial charge in [0.2, 0.25) is 0 Å². The highest BCUT2D eigenvalue weighted by Crippen LogP contribution is 2.32. The number of benzene rings is 4. The largest absolute Gasteiger partial charge is 0.465 e. The lowest BCUT2D eigenvalue weighted by Crippen LogP contribution is -2.18. The Kier molecular flexibility index (Phi) is 7.20. The molecule has 0 N–H and O–H groups in total. The Balaban J connectivity index is 1.38. The number of methoxy groups -OCH3 is 1. The highest BCUT2D eigenvalue weighted by Gasteiger charge is 2.23. The fourth-order valence-corrected chi connectivity index (χ4v) is 3.81. The molecule has 36 heavy (non-hydrogen) atoms. The van der Waals surface area contributed by atoms with Gasteiger partial charge in [-0.2, -0.15) is 0 Å². The fraction of sp³-hybridized carbons (Fsp3) is 0.161. The summed E-state index contributed by atoms with van der Waals surface area (Å²) in [6.45, 7) is 6.43. The number of carbonyl (C=O) groups is 2. The van der Waals surface area contributed by atoms with Crippen molar-refractivity contribution in [2.75, 3.05) is 7.11 Å². The van der Waals surface area contributed by atoms with Gasteiger partial charge in [-0.1, -0.05) is 55.8 Å². The third-order valence-corrected chi connectivity index (χ3v) is 6.16. The smallest absolute Gasteiger partial charge is 0.343 e. The molecule has 0 amide bonds. The van der Waals surface area contributed by atoms with E-state index in [0.717, 1.165) is 5.56 Å². The molecule has 4 aromatic carbocycles. The molecule has 0 aliphatic carbocycles. The van der Waals surface area contributed by atoms with E-state index in [1.165, 1.54) is 18.2 Å². The van der Waals surface area contributed by atoms with Gasteiger partial charge in [0.1, 0.15) is 17.2 Å². The predicted molar refractivity (Wildman–Crippen MR) is 139 cm³/mol. The standard InChI is InChI=1S/C31H28O5/c1-21-5-11-24(12-6-21)31(2,3)25-13-19-28(20-14-25)36-30(33)23-9-17-27(18-10-23)35-26-15-7-22(8-16-26)29(32)34-4/h5-20H,1-4H3. The minimum atomic E-state index is -0.450. The molecule has 0 aliphatic heterocycles. The van der Waals surface area contributed by atoms with Crippen LogP contribution in [0.2, 0.25) is 0 Å². The average molecular weight is 481 g/mol. The van der Waals surface area contributed by atoms with E-state index in [0.29, 0.717) is 28.4 Å². The van der Waals surface area contributed by atoms with Gasteiger partial charge in [-0.3, -0.25) is 0 Å². The summed E-state index contributed by atoms with van der Waals surface area (Å²) in [6, 6.07) is 29.4. The van der Waals surface area contributed by atoms with Gasteiger partial charge >= 0.3 is 11.9 Å². The lowest BCUT2D eigenvalue weighted by Gasteiger charge is -2.26. The van der Waals surface area contributed by atoms with Crippen LogP contribution in [0.25, 0.3) is 0 Å². The van der Waals surface area contributed by atoms with Crippen LogP contribution in [0, 0.1) is 6.92 Å². The van der Waals surface area contributed by atoms with E-state index in [1.807, 2.05) is 24.3 Å². The molecule has 0 heterocycles. The monoisotopic (exact) mass is 480 g/mol. The molecular formula is C31H28O5. The SMILES string of the molecule is COC(=O)c1ccc(Oc2ccc(C(=O)Oc3ccc(C(C)(C)c4ccc(C)cc4)cc3)cc2)cc1. The van der Waals surface area contributed by atoms with Crippen LogP contribution in [-0.2, 0) is 10.2 Å². The molecule has 5 heteroatoms. The fourth-order valence-electron chi connectivity index (χ4n) is 3.81. The molecule has 4 aromatic rings. The average Bonchev–Trinajstić information content (AvgIpc) is 2.89. The minimum absolute atomic E-state index is 0.175. The molecule has 0 atom stereocenters. The van der Waals surface area contributed by atoms with Crippen LogP contribution < -0.4 is 9.47 Å². The van der Waals surface area contributed by atoms with Gasteiger partial charge in [0, 0.05) is 5.41 Å². The molecule has 182 valence electrons. The van der Waals surface area contributed by atoms with Gasteiger partial charge in [-0.05, 0) is 78.7 Å². The zero-order valence-electron chi connectivity index (χ0n) is 20.8. The highest BCUT2D eigenvalue weighted by molar-refractivity contribution is 5.91. The third kappa shape index (κ3) is 5.63. The van der Waals surface area contributed by atoms with Crippen LogP contribution in [-0.4, -0.2) is 19.0 Å². The first-order chi connectivity index (χ1) is 17.3. The first-order valence-corrected chi connectivity index (χ1v) is 11.6. The Bertz CT molecular complexity index is 1330. The minimum Gasteiger partial charge on any atom is -0.465 e. The molecule has 0 fully saturated rings. The quantitative estimate of drug-likeness (QED) is 0.208. The molecule has 0 spiro atoms. The van der Waals surface area contributed by atoms with Crippen LogP contribution >= 0.6 is 0 Å². The van der Waals surface area contributed by atoms with E-state index in [-0.39, 0.29) is 5.41 Å². The maximum Gasteiger partial charge on any atom is 0.343 e. The Morgan fingerprint density at radius 3 is 1.47 bits per heavy atom. The molecule has 0 saturated heterocycles. The van der Waals surface area contributed by atoms with Gasteiger partial charge in [0.15, 0.2) is 0 Å². The van der Waals surface area contributed by atoms with Crippen molar-refractivity contribution in [3.05, 3.63) is 125 Å². The first kappa shape index (κ1) is 24.7. The van der Waals surface area contributed by atoms with E-state index in [2.05, 4.69) is 45.0 Å². The molecule has 0 unspecified atom stereocenters. The van der Waals surface area contributed by atoms with Gasteiger partial charge in [0.05, 0.1) is 18.2 Å². The van der Waals surface area contributed by atoms with Crippen molar-refractivity contribution in [1.82, 2.24) is 0 Å². The maximum atomic E-state index is 12.6. The number of ether oxygens (including phenoxy) is 3. The van der Waals surface area contributed by atoms with Crippen molar-refractivity contribution in [2.45, 2.75) is 26.2 Å². The van der Waals surface area contributed by atoms with Gasteiger partial charge in [0.25, 0.3) is 0 Å². The number of aryl methyl sites for hydroxylation is 1. The number of carbonyl (C=O) groups excluding carboxylic acids is 2. The summed E-state index contributed by atoms with van der Waals surface area (Å²) in [5, 5.41) is 0. The molecular weight excluding hydrogens is 452 g/mol. The second-order valence-corrected chi connectivity index (χ2v) is 9.05. The van der Waals surface area contributed by atoms with E-state index in [1.54, 1.807) is 48.5 Å². The van der Waals surface area contributed by atoms with Crippen LogP contribution in [0.1, 0.15) is 51.3 Å². The first-order valence-electron chi connectivity index (χ1n) is 11.6. The second kappa shape index (κ2) is 10.5. The summed E-state index contributed by atoms with van der Waals surface area (Å²) in [7, 11) is 1.34. The van der Waals surface area contributed by atoms with E-state index < -0.39 is 11.9 Å². The Morgan fingerprint density at radius 1 is 0.583 bits per heavy atom. The summed E-state index contributed by atoms with van der Waals surface area (Å²) >= 11 is 0. The molecule has 0 saturated carbocycles. The number of hydrogen-bond acceptors (Lipinski definition) is 5. The van der Waals surface area contributed by atoms with Crippen molar-refractivity contribution in [2.24, 2.45) is 0 Å². The predicted octanol–water partition coefficient (Wildman–Crippen LogP) is 7.12. The zero-order valence-corrected chi connectivity index (χ0v) is 20.8. The summed E-state index contributed by atoms with van der Waals surface area (Å²) in [5.74, 6) is 0.740. The van der Waals surface area contributed by atoms with Gasteiger partial charge in [-0.15, -0.1) is 0 Å². The lowest BCUT2D eigenvalue weighted by molar-refractivity contribution is 0.0600. The number of esters is 2. The molecule has 0 aromatic heterocycles. The highest BCUT2D eigenvalue weighted by atomic mass is 16.5. The maximum absolute atomic E-state index is 12.6. The van der Waals surface area contributed by atoms with Crippen molar-refractivity contribution in [1.29, 1.82) is 0 Å². The van der Waals surface area contributed by atoms with E-state index in [4.69, 9.17) is 14.2 Å². The molecule has 0 aliphatic rings. The van der Waals surface area contributed by atoms with Crippen molar-refractivity contribution in [3.8, 4) is 17.2 Å². The number of rotatable bonds is 7. The summed E-state index contributed by atoms with van der Waals surface area (Å²) in [5.41, 5.74) is 4.26. The van der Waals surface area contributed by atoms with Crippen LogP contribution in [0.4, 0.5) is 0 Å². The second-order valence-electron chi connectivity index (χ2n) is 9.05. The van der Waals surface area contributed by atoms with Crippen molar-refractivity contribution >= 4 is 11.9 Å². The van der Waals surface area contributed by atoms with Crippen LogP contribution in [0.15, 0.2) is 97.1 Å². The van der Waals surface area contributed by atoms with E-state index >= 15 is 0 Å². The summed E-state index contributed by atoms with van der Waals surface area (Å²) in [6.07, 6.45) is 0. The number of hydrogen-bond donors (Lipinski definition) is 0. The Hall–Kier alpha value is -4.38. The third-order valence-electron chi connectivity index (χ3n) is 6.16. The normalized spacial score (nSPS) is 11.0. The molecule has 0 radical (unpaired) electrons. The zero-order chi connectivity index (χ0) is 25.7. The molecule has 0 bridgehead atoms. The topological polar surface area (TPSA) is 61.8 Å². The Morgan fingerprint density at radius 2 is 1.00 bits per heavy atom. The van der Waals surface area contributed by atoms with Gasteiger partial charge < -0.3 is 14.2 Å². The van der Waals surface area contributed by atoms with Gasteiger partial charge in [-0.25, -0.2) is 9.59 Å². The van der Waals surface area contributed by atoms with Crippen LogP contribution in [0.3, 0.4) is 0 Å². The van der Waals surface area contributed by atoms with E-state index in [9.17, 15) is 9.59 Å². The Labute approximate surface area is 211 Å². The van der Waals surface area contributed by atoms with Crippen molar-refractivity contribution in [3.63, 3.8) is 0 Å². The lowest BCUT2D eigenvalue weighted by atomic mass is 9.78. The summed E-state index contributed by atoms with van der Waals surface area (Å²) in [4.78, 5) is 24.2. The molecule has 5 nitrogen and oxygen atoms in total. The molecule has 4 rings (SSSR count). The summed E-state index contributed by atoms with van der Waals surface area (Å²) < 4.78 is 16.0.